The molecule has 0 fully saturated rings. The van der Waals surface area contributed by atoms with Crippen molar-refractivity contribution in [1.82, 2.24) is 5.32 Å². The number of halogens is 2. The Kier molecular flexibility index (Phi) is 4.95. The van der Waals surface area contributed by atoms with Crippen LogP contribution in [-0.4, -0.2) is 17.1 Å². The van der Waals surface area contributed by atoms with Crippen LogP contribution >= 0.6 is 31.9 Å². The van der Waals surface area contributed by atoms with E-state index < -0.39 is 12.0 Å². The lowest BCUT2D eigenvalue weighted by Crippen LogP contribution is -2.33. The first-order chi connectivity index (χ1) is 7.41. The summed E-state index contributed by atoms with van der Waals surface area (Å²) in [6.07, 6.45) is 0. The van der Waals surface area contributed by atoms with Crippen molar-refractivity contribution in [2.45, 2.75) is 26.4 Å². The molecule has 1 rings (SSSR count). The SMILES string of the molecule is Cc1c(Br)cc(CN[C@H](C)C(=O)O)cc1Br. The molecule has 0 amide bonds. The second-order valence-corrected chi connectivity index (χ2v) is 5.33. The van der Waals surface area contributed by atoms with Crippen LogP contribution in [0.2, 0.25) is 0 Å². The second kappa shape index (κ2) is 5.80. The molecule has 0 aliphatic carbocycles. The van der Waals surface area contributed by atoms with Gasteiger partial charge in [0.15, 0.2) is 0 Å². The molecular formula is C11H13Br2NO2. The highest BCUT2D eigenvalue weighted by Crippen LogP contribution is 2.26. The van der Waals surface area contributed by atoms with Gasteiger partial charge in [-0.15, -0.1) is 0 Å². The second-order valence-electron chi connectivity index (χ2n) is 3.63. The van der Waals surface area contributed by atoms with Crippen LogP contribution in [0, 0.1) is 6.92 Å². The summed E-state index contributed by atoms with van der Waals surface area (Å²) in [7, 11) is 0. The predicted molar refractivity (Wildman–Crippen MR) is 70.5 cm³/mol. The fraction of sp³-hybridized carbons (Fsp3) is 0.364. The van der Waals surface area contributed by atoms with Gasteiger partial charge in [-0.1, -0.05) is 31.9 Å². The molecule has 1 atom stereocenters. The zero-order valence-corrected chi connectivity index (χ0v) is 12.2. The Bertz CT molecular complexity index is 384. The molecule has 0 radical (unpaired) electrons. The van der Waals surface area contributed by atoms with E-state index in [-0.39, 0.29) is 0 Å². The lowest BCUT2D eigenvalue weighted by atomic mass is 10.1. The van der Waals surface area contributed by atoms with Gasteiger partial charge in [0.2, 0.25) is 0 Å². The van der Waals surface area contributed by atoms with Gasteiger partial charge in [0.1, 0.15) is 6.04 Å². The summed E-state index contributed by atoms with van der Waals surface area (Å²) in [5, 5.41) is 11.7. The Labute approximate surface area is 111 Å². The molecule has 5 heteroatoms. The number of rotatable bonds is 4. The Morgan fingerprint density at radius 3 is 2.38 bits per heavy atom. The number of aliphatic carboxylic acids is 1. The number of benzene rings is 1. The number of carboxylic acid groups (broad SMARTS) is 1. The van der Waals surface area contributed by atoms with Gasteiger partial charge >= 0.3 is 5.97 Å². The first kappa shape index (κ1) is 13.7. The van der Waals surface area contributed by atoms with Crippen LogP contribution in [0.25, 0.3) is 0 Å². The van der Waals surface area contributed by atoms with Crippen molar-refractivity contribution in [3.8, 4) is 0 Å². The van der Waals surface area contributed by atoms with Crippen molar-refractivity contribution in [2.24, 2.45) is 0 Å². The molecule has 0 aliphatic rings. The largest absolute Gasteiger partial charge is 0.480 e. The fourth-order valence-corrected chi connectivity index (χ4v) is 2.44. The fourth-order valence-electron chi connectivity index (χ4n) is 1.16. The number of carbonyl (C=O) groups is 1. The van der Waals surface area contributed by atoms with E-state index in [1.165, 1.54) is 0 Å². The third-order valence-corrected chi connectivity index (χ3v) is 3.97. The third-order valence-electron chi connectivity index (χ3n) is 2.32. The summed E-state index contributed by atoms with van der Waals surface area (Å²) in [6, 6.07) is 3.43. The lowest BCUT2D eigenvalue weighted by molar-refractivity contribution is -0.139. The normalized spacial score (nSPS) is 12.5. The number of hydrogen-bond acceptors (Lipinski definition) is 2. The van der Waals surface area contributed by atoms with E-state index in [9.17, 15) is 4.79 Å². The molecule has 0 aromatic heterocycles. The van der Waals surface area contributed by atoms with Crippen molar-refractivity contribution in [2.75, 3.05) is 0 Å². The van der Waals surface area contributed by atoms with Gasteiger partial charge in [-0.05, 0) is 37.1 Å². The molecule has 2 N–H and O–H groups in total. The molecule has 0 saturated heterocycles. The van der Waals surface area contributed by atoms with Gasteiger partial charge in [-0.2, -0.15) is 0 Å². The van der Waals surface area contributed by atoms with Crippen LogP contribution < -0.4 is 5.32 Å². The van der Waals surface area contributed by atoms with Gasteiger partial charge in [-0.3, -0.25) is 4.79 Å². The summed E-state index contributed by atoms with van der Waals surface area (Å²) >= 11 is 6.92. The monoisotopic (exact) mass is 349 g/mol. The van der Waals surface area contributed by atoms with Crippen molar-refractivity contribution in [3.05, 3.63) is 32.2 Å². The minimum Gasteiger partial charge on any atom is -0.480 e. The summed E-state index contributed by atoms with van der Waals surface area (Å²) in [6.45, 7) is 4.16. The maximum Gasteiger partial charge on any atom is 0.320 e. The van der Waals surface area contributed by atoms with E-state index in [1.54, 1.807) is 6.92 Å². The van der Waals surface area contributed by atoms with E-state index in [2.05, 4.69) is 37.2 Å². The quantitative estimate of drug-likeness (QED) is 0.877. The summed E-state index contributed by atoms with van der Waals surface area (Å²) in [5.74, 6) is -0.842. The minimum absolute atomic E-state index is 0.533. The smallest absolute Gasteiger partial charge is 0.320 e. The van der Waals surface area contributed by atoms with Crippen LogP contribution in [-0.2, 0) is 11.3 Å². The van der Waals surface area contributed by atoms with E-state index >= 15 is 0 Å². The van der Waals surface area contributed by atoms with E-state index in [0.717, 1.165) is 20.1 Å². The van der Waals surface area contributed by atoms with Crippen molar-refractivity contribution in [3.63, 3.8) is 0 Å². The molecule has 0 aliphatic heterocycles. The zero-order chi connectivity index (χ0) is 12.3. The highest BCUT2D eigenvalue weighted by atomic mass is 79.9. The molecule has 0 bridgehead atoms. The Morgan fingerprint density at radius 2 is 1.94 bits per heavy atom. The standard InChI is InChI=1S/C11H13Br2NO2/c1-6-9(12)3-8(4-10(6)13)5-14-7(2)11(15)16/h3-4,7,14H,5H2,1-2H3,(H,15,16)/t7-/m1/s1. The van der Waals surface area contributed by atoms with Crippen LogP contribution in [0.15, 0.2) is 21.1 Å². The van der Waals surface area contributed by atoms with Crippen molar-refractivity contribution < 1.29 is 9.90 Å². The van der Waals surface area contributed by atoms with Gasteiger partial charge in [0.25, 0.3) is 0 Å². The minimum atomic E-state index is -0.842. The molecular weight excluding hydrogens is 338 g/mol. The van der Waals surface area contributed by atoms with Crippen molar-refractivity contribution >= 4 is 37.8 Å². The lowest BCUT2D eigenvalue weighted by Gasteiger charge is -2.11. The van der Waals surface area contributed by atoms with Crippen LogP contribution in [0.3, 0.4) is 0 Å². The average Bonchev–Trinajstić information content (AvgIpc) is 2.22. The maximum atomic E-state index is 10.6. The topological polar surface area (TPSA) is 49.3 Å². The van der Waals surface area contributed by atoms with E-state index in [0.29, 0.717) is 6.54 Å². The van der Waals surface area contributed by atoms with Gasteiger partial charge in [0, 0.05) is 15.5 Å². The Morgan fingerprint density at radius 1 is 1.44 bits per heavy atom. The first-order valence-electron chi connectivity index (χ1n) is 4.82. The Balaban J connectivity index is 2.72. The maximum absolute atomic E-state index is 10.6. The van der Waals surface area contributed by atoms with Crippen LogP contribution in [0.5, 0.6) is 0 Å². The van der Waals surface area contributed by atoms with E-state index in [1.807, 2.05) is 19.1 Å². The highest BCUT2D eigenvalue weighted by Gasteiger charge is 2.10. The summed E-state index contributed by atoms with van der Waals surface area (Å²) in [5.41, 5.74) is 2.17. The number of carboxylic acids is 1. The van der Waals surface area contributed by atoms with Gasteiger partial charge in [0.05, 0.1) is 0 Å². The van der Waals surface area contributed by atoms with E-state index in [4.69, 9.17) is 5.11 Å². The number of nitrogens with one attached hydrogen (secondary N) is 1. The Hall–Kier alpha value is -0.390. The predicted octanol–water partition coefficient (Wildman–Crippen LogP) is 3.08. The van der Waals surface area contributed by atoms with Crippen molar-refractivity contribution in [1.29, 1.82) is 0 Å². The summed E-state index contributed by atoms with van der Waals surface area (Å²) in [4.78, 5) is 10.6. The molecule has 0 heterocycles. The zero-order valence-electron chi connectivity index (χ0n) is 9.05. The van der Waals surface area contributed by atoms with Gasteiger partial charge in [-0.25, -0.2) is 0 Å². The highest BCUT2D eigenvalue weighted by molar-refractivity contribution is 9.11. The van der Waals surface area contributed by atoms with Crippen LogP contribution in [0.4, 0.5) is 0 Å². The summed E-state index contributed by atoms with van der Waals surface area (Å²) < 4.78 is 2.03. The molecule has 0 spiro atoms. The molecule has 0 unspecified atom stereocenters. The molecule has 1 aromatic carbocycles. The molecule has 16 heavy (non-hydrogen) atoms. The first-order valence-corrected chi connectivity index (χ1v) is 6.41. The molecule has 1 aromatic rings. The van der Waals surface area contributed by atoms with Crippen LogP contribution in [0.1, 0.15) is 18.1 Å². The average molecular weight is 351 g/mol. The van der Waals surface area contributed by atoms with Gasteiger partial charge < -0.3 is 10.4 Å². The third kappa shape index (κ3) is 3.57. The molecule has 0 saturated carbocycles. The number of hydrogen-bond donors (Lipinski definition) is 2. The molecule has 88 valence electrons. The molecule has 3 nitrogen and oxygen atoms in total.